The lowest BCUT2D eigenvalue weighted by atomic mass is 10.1. The van der Waals surface area contributed by atoms with Crippen molar-refractivity contribution < 1.29 is 31.9 Å². The summed E-state index contributed by atoms with van der Waals surface area (Å²) in [4.78, 5) is 23.6. The molecule has 0 saturated carbocycles. The molecule has 0 spiro atoms. The van der Waals surface area contributed by atoms with E-state index >= 15 is 0 Å². The van der Waals surface area contributed by atoms with E-state index < -0.39 is 45.6 Å². The van der Waals surface area contributed by atoms with Crippen molar-refractivity contribution in [2.75, 3.05) is 17.7 Å². The number of nitrogens with one attached hydrogen (secondary N) is 3. The van der Waals surface area contributed by atoms with Crippen molar-refractivity contribution >= 4 is 52.1 Å². The molecule has 0 aromatic heterocycles. The first-order valence-electron chi connectivity index (χ1n) is 8.22. The Kier molecular flexibility index (Phi) is 7.57. The molecule has 0 radical (unpaired) electrons. The number of ether oxygens (including phenoxy) is 1. The van der Waals surface area contributed by atoms with E-state index in [-0.39, 0.29) is 23.0 Å². The summed E-state index contributed by atoms with van der Waals surface area (Å²) in [6, 6.07) is 4.33. The number of carbonyl (C=O) groups excluding carboxylic acids is 2. The Bertz CT molecular complexity index is 1010. The van der Waals surface area contributed by atoms with Gasteiger partial charge in [-0.05, 0) is 30.4 Å². The smallest absolute Gasteiger partial charge is 0.263 e. The topological polar surface area (TPSA) is 79.5 Å². The highest BCUT2D eigenvalue weighted by Crippen LogP contribution is 2.30. The van der Waals surface area contributed by atoms with Gasteiger partial charge < -0.3 is 15.4 Å². The van der Waals surface area contributed by atoms with Crippen LogP contribution in [0.1, 0.15) is 23.7 Å². The summed E-state index contributed by atoms with van der Waals surface area (Å²) < 4.78 is 59.9. The normalized spacial score (nSPS) is 10.4. The number of amides is 2. The largest absolute Gasteiger partial charge is 0.491 e. The average molecular weight is 464 g/mol. The number of halogens is 5. The summed E-state index contributed by atoms with van der Waals surface area (Å²) in [7, 11) is 0.806. The van der Waals surface area contributed by atoms with Gasteiger partial charge in [0.25, 0.3) is 5.91 Å². The summed E-state index contributed by atoms with van der Waals surface area (Å²) >= 11 is 10.9. The molecule has 30 heavy (non-hydrogen) atoms. The zero-order valence-electron chi connectivity index (χ0n) is 15.5. The maximum absolute atomic E-state index is 14.0. The zero-order chi connectivity index (χ0) is 22.6. The number of benzene rings is 2. The lowest BCUT2D eigenvalue weighted by Crippen LogP contribution is -2.35. The Morgan fingerprint density at radius 3 is 2.20 bits per heavy atom. The maximum Gasteiger partial charge on any atom is 0.263 e. The lowest BCUT2D eigenvalue weighted by molar-refractivity contribution is -0.115. The summed E-state index contributed by atoms with van der Waals surface area (Å²) in [5.74, 6) is -10.8. The van der Waals surface area contributed by atoms with Gasteiger partial charge in [-0.3, -0.25) is 14.9 Å². The SMILES string of the molecule is CCC(=O)Nc1ccc(Cl)c(NC(=S)NC(=O)c2c(F)c(F)c(OC)c(F)c2F)c1. The molecule has 0 aliphatic rings. The van der Waals surface area contributed by atoms with Crippen molar-refractivity contribution in [1.82, 2.24) is 5.32 Å². The van der Waals surface area contributed by atoms with Crippen molar-refractivity contribution in [2.45, 2.75) is 13.3 Å². The number of carbonyl (C=O) groups is 2. The molecule has 2 aromatic carbocycles. The van der Waals surface area contributed by atoms with E-state index in [1.54, 1.807) is 6.92 Å². The number of hydrogen-bond acceptors (Lipinski definition) is 4. The Morgan fingerprint density at radius 2 is 1.67 bits per heavy atom. The van der Waals surface area contributed by atoms with Crippen LogP contribution in [0.4, 0.5) is 28.9 Å². The lowest BCUT2D eigenvalue weighted by Gasteiger charge is -2.14. The highest BCUT2D eigenvalue weighted by atomic mass is 35.5. The molecule has 2 aromatic rings. The third-order valence-corrected chi connectivity index (χ3v) is 4.23. The van der Waals surface area contributed by atoms with Crippen LogP contribution in [0.25, 0.3) is 0 Å². The van der Waals surface area contributed by atoms with Gasteiger partial charge in [0.15, 0.2) is 22.5 Å². The summed E-state index contributed by atoms with van der Waals surface area (Å²) in [5.41, 5.74) is -1.02. The Hall–Kier alpha value is -2.92. The minimum Gasteiger partial charge on any atom is -0.491 e. The first kappa shape index (κ1) is 23.4. The monoisotopic (exact) mass is 463 g/mol. The van der Waals surface area contributed by atoms with Gasteiger partial charge in [-0.1, -0.05) is 18.5 Å². The van der Waals surface area contributed by atoms with Crippen LogP contribution in [-0.2, 0) is 4.79 Å². The first-order valence-corrected chi connectivity index (χ1v) is 9.00. The minimum absolute atomic E-state index is 0.139. The van der Waals surface area contributed by atoms with E-state index in [9.17, 15) is 27.2 Å². The Labute approximate surface area is 178 Å². The molecular formula is C18H14ClF4N3O3S. The van der Waals surface area contributed by atoms with Crippen molar-refractivity contribution in [1.29, 1.82) is 0 Å². The van der Waals surface area contributed by atoms with E-state index in [4.69, 9.17) is 23.8 Å². The van der Waals surface area contributed by atoms with Crippen LogP contribution in [0.2, 0.25) is 5.02 Å². The summed E-state index contributed by atoms with van der Waals surface area (Å²) in [6.07, 6.45) is 0.228. The van der Waals surface area contributed by atoms with Gasteiger partial charge in [-0.15, -0.1) is 0 Å². The number of thiocarbonyl (C=S) groups is 1. The van der Waals surface area contributed by atoms with Crippen LogP contribution in [0, 0.1) is 23.3 Å². The molecule has 0 aliphatic heterocycles. The van der Waals surface area contributed by atoms with E-state index in [1.807, 2.05) is 5.32 Å². The predicted molar refractivity (Wildman–Crippen MR) is 107 cm³/mol. The van der Waals surface area contributed by atoms with Gasteiger partial charge in [0.05, 0.1) is 17.8 Å². The molecule has 0 atom stereocenters. The first-order chi connectivity index (χ1) is 14.1. The molecular weight excluding hydrogens is 450 g/mol. The van der Waals surface area contributed by atoms with Crippen LogP contribution >= 0.6 is 23.8 Å². The predicted octanol–water partition coefficient (Wildman–Crippen LogP) is 4.38. The molecule has 0 aliphatic carbocycles. The molecule has 0 saturated heterocycles. The molecule has 6 nitrogen and oxygen atoms in total. The quantitative estimate of drug-likeness (QED) is 0.348. The van der Waals surface area contributed by atoms with Crippen molar-refractivity contribution in [3.63, 3.8) is 0 Å². The van der Waals surface area contributed by atoms with Crippen molar-refractivity contribution in [2.24, 2.45) is 0 Å². The molecule has 160 valence electrons. The van der Waals surface area contributed by atoms with E-state index in [0.717, 1.165) is 7.11 Å². The number of anilines is 2. The Balaban J connectivity index is 2.23. The van der Waals surface area contributed by atoms with Crippen molar-refractivity contribution in [3.05, 3.63) is 52.1 Å². The van der Waals surface area contributed by atoms with Crippen LogP contribution in [0.3, 0.4) is 0 Å². The molecule has 0 bridgehead atoms. The highest BCUT2D eigenvalue weighted by molar-refractivity contribution is 7.80. The highest BCUT2D eigenvalue weighted by Gasteiger charge is 2.30. The van der Waals surface area contributed by atoms with E-state index in [1.165, 1.54) is 18.2 Å². The fourth-order valence-electron chi connectivity index (χ4n) is 2.26. The number of methoxy groups -OCH3 is 1. The molecule has 12 heteroatoms. The molecule has 0 heterocycles. The van der Waals surface area contributed by atoms with Gasteiger partial charge in [-0.2, -0.15) is 8.78 Å². The zero-order valence-corrected chi connectivity index (χ0v) is 17.0. The minimum atomic E-state index is -1.95. The Morgan fingerprint density at radius 1 is 1.07 bits per heavy atom. The van der Waals surface area contributed by atoms with Crippen LogP contribution in [0.5, 0.6) is 5.75 Å². The summed E-state index contributed by atoms with van der Waals surface area (Å²) in [6.45, 7) is 1.65. The van der Waals surface area contributed by atoms with Crippen LogP contribution in [0.15, 0.2) is 18.2 Å². The average Bonchev–Trinajstić information content (AvgIpc) is 2.69. The van der Waals surface area contributed by atoms with Crippen LogP contribution < -0.4 is 20.7 Å². The van der Waals surface area contributed by atoms with Gasteiger partial charge in [0.2, 0.25) is 17.5 Å². The third-order valence-electron chi connectivity index (χ3n) is 3.70. The van der Waals surface area contributed by atoms with Gasteiger partial charge in [0.1, 0.15) is 5.56 Å². The van der Waals surface area contributed by atoms with Gasteiger partial charge in [0, 0.05) is 12.1 Å². The number of hydrogen-bond donors (Lipinski definition) is 3. The van der Waals surface area contributed by atoms with Crippen LogP contribution in [-0.4, -0.2) is 24.0 Å². The molecule has 0 fully saturated rings. The van der Waals surface area contributed by atoms with Gasteiger partial charge in [-0.25, -0.2) is 8.78 Å². The second-order valence-electron chi connectivity index (χ2n) is 5.67. The van der Waals surface area contributed by atoms with Crippen molar-refractivity contribution in [3.8, 4) is 5.75 Å². The second-order valence-corrected chi connectivity index (χ2v) is 6.48. The standard InChI is InChI=1S/C18H14ClF4N3O3S/c1-3-10(27)24-7-4-5-8(19)9(6-7)25-18(30)26-17(28)11-12(20)14(22)16(29-2)15(23)13(11)21/h4-6H,3H2,1-2H3,(H,24,27)(H2,25,26,28,30). The molecule has 0 unspecified atom stereocenters. The fraction of sp³-hybridized carbons (Fsp3) is 0.167. The fourth-order valence-corrected chi connectivity index (χ4v) is 2.62. The summed E-state index contributed by atoms with van der Waals surface area (Å²) in [5, 5.41) is 6.63. The molecule has 2 rings (SSSR count). The van der Waals surface area contributed by atoms with E-state index in [0.29, 0.717) is 5.69 Å². The second kappa shape index (κ2) is 9.72. The molecule has 3 N–H and O–H groups in total. The maximum atomic E-state index is 14.0. The van der Waals surface area contributed by atoms with E-state index in [2.05, 4.69) is 15.4 Å². The number of rotatable bonds is 5. The molecule has 2 amide bonds. The third kappa shape index (κ3) is 4.97. The van der Waals surface area contributed by atoms with Gasteiger partial charge >= 0.3 is 0 Å².